The molecule has 2 heterocycles. The van der Waals surface area contributed by atoms with Gasteiger partial charge in [-0.25, -0.2) is 4.68 Å². The number of nitrogens with zero attached hydrogens (tertiary/aromatic N) is 4. The topological polar surface area (TPSA) is 61.9 Å². The summed E-state index contributed by atoms with van der Waals surface area (Å²) in [5, 5.41) is 14.5. The standard InChI is InChI=1S/C25H24N4O/c1-19-12-14-28(15-13-19)25(30)21(17-26)16-22-18-29(23-10-6-3-7-11-23)27-24(22)20-8-4-2-5-9-20/h2-11,16,18-19H,12-15H2,1H3. The second kappa shape index (κ2) is 8.79. The minimum atomic E-state index is -0.198. The zero-order chi connectivity index (χ0) is 20.9. The summed E-state index contributed by atoms with van der Waals surface area (Å²) >= 11 is 0. The van der Waals surface area contributed by atoms with Crippen LogP contribution in [0.3, 0.4) is 0 Å². The zero-order valence-corrected chi connectivity index (χ0v) is 17.0. The molecule has 0 N–H and O–H groups in total. The van der Waals surface area contributed by atoms with Crippen LogP contribution in [0.15, 0.2) is 72.4 Å². The monoisotopic (exact) mass is 396 g/mol. The molecule has 0 aliphatic carbocycles. The molecular weight excluding hydrogens is 372 g/mol. The lowest BCUT2D eigenvalue weighted by atomic mass is 9.98. The van der Waals surface area contributed by atoms with Gasteiger partial charge < -0.3 is 4.90 Å². The number of amides is 1. The Kier molecular flexibility index (Phi) is 5.76. The normalized spacial score (nSPS) is 15.1. The predicted octanol–water partition coefficient (Wildman–Crippen LogP) is 4.70. The Morgan fingerprint density at radius 2 is 1.70 bits per heavy atom. The Labute approximate surface area is 176 Å². The highest BCUT2D eigenvalue weighted by Crippen LogP contribution is 2.26. The molecular formula is C25H24N4O. The van der Waals surface area contributed by atoms with Crippen LogP contribution in [0.4, 0.5) is 0 Å². The molecule has 5 heteroatoms. The first-order chi connectivity index (χ1) is 14.7. The zero-order valence-electron chi connectivity index (χ0n) is 17.0. The molecule has 2 aromatic carbocycles. The fraction of sp³-hybridized carbons (Fsp3) is 0.240. The van der Waals surface area contributed by atoms with Crippen molar-refractivity contribution in [2.75, 3.05) is 13.1 Å². The van der Waals surface area contributed by atoms with Crippen LogP contribution >= 0.6 is 0 Å². The highest BCUT2D eigenvalue weighted by Gasteiger charge is 2.23. The van der Waals surface area contributed by atoms with Gasteiger partial charge in [-0.2, -0.15) is 10.4 Å². The maximum atomic E-state index is 13.0. The largest absolute Gasteiger partial charge is 0.338 e. The number of rotatable bonds is 4. The van der Waals surface area contributed by atoms with Crippen molar-refractivity contribution in [3.8, 4) is 23.0 Å². The van der Waals surface area contributed by atoms with E-state index >= 15 is 0 Å². The SMILES string of the molecule is CC1CCN(C(=O)C(C#N)=Cc2cn(-c3ccccc3)nc2-c2ccccc2)CC1. The molecule has 150 valence electrons. The molecule has 1 fully saturated rings. The molecule has 0 spiro atoms. The van der Waals surface area contributed by atoms with Gasteiger partial charge >= 0.3 is 0 Å². The Bertz CT molecular complexity index is 1090. The number of carbonyl (C=O) groups excluding carboxylic acids is 1. The molecule has 0 radical (unpaired) electrons. The molecule has 1 aliphatic heterocycles. The van der Waals surface area contributed by atoms with E-state index in [9.17, 15) is 10.1 Å². The van der Waals surface area contributed by atoms with Crippen molar-refractivity contribution < 1.29 is 4.79 Å². The molecule has 1 amide bonds. The summed E-state index contributed by atoms with van der Waals surface area (Å²) in [4.78, 5) is 14.8. The fourth-order valence-electron chi connectivity index (χ4n) is 3.71. The molecule has 0 saturated carbocycles. The van der Waals surface area contributed by atoms with Crippen LogP contribution < -0.4 is 0 Å². The van der Waals surface area contributed by atoms with Gasteiger partial charge in [-0.3, -0.25) is 4.79 Å². The summed E-state index contributed by atoms with van der Waals surface area (Å²) in [5.41, 5.74) is 3.50. The second-order valence-electron chi connectivity index (χ2n) is 7.72. The van der Waals surface area contributed by atoms with Crippen LogP contribution in [0.25, 0.3) is 23.0 Å². The van der Waals surface area contributed by atoms with Crippen molar-refractivity contribution in [2.24, 2.45) is 5.92 Å². The van der Waals surface area contributed by atoms with Gasteiger partial charge in [0.2, 0.25) is 0 Å². The third-order valence-electron chi connectivity index (χ3n) is 5.53. The lowest BCUT2D eigenvalue weighted by Gasteiger charge is -2.30. The van der Waals surface area contributed by atoms with Gasteiger partial charge in [-0.1, -0.05) is 55.5 Å². The van der Waals surface area contributed by atoms with Crippen molar-refractivity contribution in [3.63, 3.8) is 0 Å². The van der Waals surface area contributed by atoms with Gasteiger partial charge in [0.15, 0.2) is 0 Å². The van der Waals surface area contributed by atoms with Gasteiger partial charge in [0.25, 0.3) is 5.91 Å². The Balaban J connectivity index is 1.73. The number of likely N-dealkylation sites (tertiary alicyclic amines) is 1. The van der Waals surface area contributed by atoms with Gasteiger partial charge in [0.05, 0.1) is 11.4 Å². The van der Waals surface area contributed by atoms with E-state index in [1.54, 1.807) is 15.7 Å². The summed E-state index contributed by atoms with van der Waals surface area (Å²) in [7, 11) is 0. The highest BCUT2D eigenvalue weighted by atomic mass is 16.2. The fourth-order valence-corrected chi connectivity index (χ4v) is 3.71. The first-order valence-electron chi connectivity index (χ1n) is 10.3. The predicted molar refractivity (Wildman–Crippen MR) is 118 cm³/mol. The number of nitriles is 1. The first-order valence-corrected chi connectivity index (χ1v) is 10.3. The molecule has 5 nitrogen and oxygen atoms in total. The van der Waals surface area contributed by atoms with E-state index in [4.69, 9.17) is 5.10 Å². The van der Waals surface area contributed by atoms with E-state index in [1.807, 2.05) is 66.9 Å². The molecule has 3 aromatic rings. The van der Waals surface area contributed by atoms with Crippen molar-refractivity contribution in [2.45, 2.75) is 19.8 Å². The van der Waals surface area contributed by atoms with Crippen LogP contribution in [0, 0.1) is 17.2 Å². The summed E-state index contributed by atoms with van der Waals surface area (Å²) in [6.07, 6.45) is 5.51. The number of hydrogen-bond acceptors (Lipinski definition) is 3. The van der Waals surface area contributed by atoms with Crippen molar-refractivity contribution >= 4 is 12.0 Å². The number of hydrogen-bond donors (Lipinski definition) is 0. The lowest BCUT2D eigenvalue weighted by molar-refractivity contribution is -0.127. The molecule has 0 unspecified atom stereocenters. The Morgan fingerprint density at radius 1 is 1.07 bits per heavy atom. The first kappa shape index (κ1) is 19.7. The highest BCUT2D eigenvalue weighted by molar-refractivity contribution is 6.02. The minimum absolute atomic E-state index is 0.148. The molecule has 1 aromatic heterocycles. The van der Waals surface area contributed by atoms with E-state index in [0.29, 0.717) is 19.0 Å². The minimum Gasteiger partial charge on any atom is -0.338 e. The number of piperidine rings is 1. The molecule has 0 atom stereocenters. The van der Waals surface area contributed by atoms with Crippen molar-refractivity contribution in [1.29, 1.82) is 5.26 Å². The van der Waals surface area contributed by atoms with Crippen LogP contribution in [-0.4, -0.2) is 33.7 Å². The quantitative estimate of drug-likeness (QED) is 0.474. The number of aromatic nitrogens is 2. The Hall–Kier alpha value is -3.65. The van der Waals surface area contributed by atoms with Crippen LogP contribution in [0.2, 0.25) is 0 Å². The molecule has 0 bridgehead atoms. The molecule has 4 rings (SSSR count). The Morgan fingerprint density at radius 3 is 2.33 bits per heavy atom. The summed E-state index contributed by atoms with van der Waals surface area (Å²) in [6, 6.07) is 21.8. The van der Waals surface area contributed by atoms with E-state index in [0.717, 1.165) is 35.3 Å². The smallest absolute Gasteiger partial charge is 0.264 e. The van der Waals surface area contributed by atoms with Gasteiger partial charge in [0.1, 0.15) is 11.6 Å². The summed E-state index contributed by atoms with van der Waals surface area (Å²) in [6.45, 7) is 3.61. The maximum Gasteiger partial charge on any atom is 0.264 e. The van der Waals surface area contributed by atoms with E-state index in [-0.39, 0.29) is 11.5 Å². The number of para-hydroxylation sites is 1. The molecule has 1 saturated heterocycles. The van der Waals surface area contributed by atoms with E-state index in [1.165, 1.54) is 0 Å². The van der Waals surface area contributed by atoms with Crippen molar-refractivity contribution in [1.82, 2.24) is 14.7 Å². The average Bonchev–Trinajstić information content (AvgIpc) is 3.22. The molecule has 30 heavy (non-hydrogen) atoms. The summed E-state index contributed by atoms with van der Waals surface area (Å²) < 4.78 is 1.79. The van der Waals surface area contributed by atoms with E-state index in [2.05, 4.69) is 13.0 Å². The van der Waals surface area contributed by atoms with Gasteiger partial charge in [-0.15, -0.1) is 0 Å². The van der Waals surface area contributed by atoms with Gasteiger partial charge in [-0.05, 0) is 37.0 Å². The van der Waals surface area contributed by atoms with E-state index < -0.39 is 0 Å². The summed E-state index contributed by atoms with van der Waals surface area (Å²) in [5.74, 6) is 0.424. The number of benzene rings is 2. The van der Waals surface area contributed by atoms with Crippen molar-refractivity contribution in [3.05, 3.63) is 78.0 Å². The number of carbonyl (C=O) groups is 1. The third kappa shape index (κ3) is 4.18. The third-order valence-corrected chi connectivity index (χ3v) is 5.53. The van der Waals surface area contributed by atoms with Crippen LogP contribution in [0.5, 0.6) is 0 Å². The van der Waals surface area contributed by atoms with Crippen LogP contribution in [-0.2, 0) is 4.79 Å². The maximum absolute atomic E-state index is 13.0. The second-order valence-corrected chi connectivity index (χ2v) is 7.72. The van der Waals surface area contributed by atoms with Crippen LogP contribution in [0.1, 0.15) is 25.3 Å². The average molecular weight is 396 g/mol. The molecule has 1 aliphatic rings. The lowest BCUT2D eigenvalue weighted by Crippen LogP contribution is -2.38. The van der Waals surface area contributed by atoms with Gasteiger partial charge in [0, 0.05) is 30.4 Å².